The Kier molecular flexibility index (Phi) is 9.19. The van der Waals surface area contributed by atoms with Crippen molar-refractivity contribution in [3.63, 3.8) is 0 Å². The molecule has 1 aromatic rings. The van der Waals surface area contributed by atoms with Gasteiger partial charge >= 0.3 is 0 Å². The van der Waals surface area contributed by atoms with Gasteiger partial charge in [0.1, 0.15) is 0 Å². The number of rotatable bonds is 8. The summed E-state index contributed by atoms with van der Waals surface area (Å²) in [6.45, 7) is 5.81. The molecule has 132 valence electrons. The van der Waals surface area contributed by atoms with Gasteiger partial charge in [0, 0.05) is 11.4 Å². The topological polar surface area (TPSA) is 101 Å². The first-order valence-electron chi connectivity index (χ1n) is 7.40. The summed E-state index contributed by atoms with van der Waals surface area (Å²) in [6.07, 6.45) is 1.16. The molecule has 0 spiro atoms. The zero-order valence-corrected chi connectivity index (χ0v) is 15.3. The zero-order chi connectivity index (χ0) is 16.8. The van der Waals surface area contributed by atoms with Gasteiger partial charge in [-0.3, -0.25) is 9.52 Å². The molecule has 1 amide bonds. The van der Waals surface area contributed by atoms with E-state index in [1.807, 2.05) is 13.8 Å². The fourth-order valence-electron chi connectivity index (χ4n) is 1.97. The van der Waals surface area contributed by atoms with E-state index < -0.39 is 16.1 Å². The summed E-state index contributed by atoms with van der Waals surface area (Å²) in [7, 11) is -3.30. The summed E-state index contributed by atoms with van der Waals surface area (Å²) >= 11 is 0. The quantitative estimate of drug-likeness (QED) is 0.660. The van der Waals surface area contributed by atoms with Gasteiger partial charge in [-0.15, -0.1) is 12.4 Å². The first kappa shape index (κ1) is 21.7. The highest BCUT2D eigenvalue weighted by atomic mass is 35.5. The van der Waals surface area contributed by atoms with E-state index in [4.69, 9.17) is 5.73 Å². The molecule has 4 N–H and O–H groups in total. The molecular weight excluding hydrogens is 338 g/mol. The van der Waals surface area contributed by atoms with E-state index in [0.717, 1.165) is 0 Å². The highest BCUT2D eigenvalue weighted by Crippen LogP contribution is 2.16. The SMILES string of the molecule is CCCS(=O)(=O)Nc1ccc(NC(=O)[C@@H](N)CC(C)C)cc1.Cl. The lowest BCUT2D eigenvalue weighted by Gasteiger charge is -2.14. The summed E-state index contributed by atoms with van der Waals surface area (Å²) < 4.78 is 25.8. The normalized spacial score (nSPS) is 12.4. The summed E-state index contributed by atoms with van der Waals surface area (Å²) in [5.74, 6) is 0.180. The highest BCUT2D eigenvalue weighted by Gasteiger charge is 2.15. The van der Waals surface area contributed by atoms with Crippen LogP contribution in [0.15, 0.2) is 24.3 Å². The van der Waals surface area contributed by atoms with Crippen molar-refractivity contribution < 1.29 is 13.2 Å². The fourth-order valence-corrected chi connectivity index (χ4v) is 3.11. The molecule has 0 aliphatic rings. The molecule has 0 radical (unpaired) electrons. The summed E-state index contributed by atoms with van der Waals surface area (Å²) in [5.41, 5.74) is 6.86. The average molecular weight is 364 g/mol. The third kappa shape index (κ3) is 8.20. The van der Waals surface area contributed by atoms with E-state index in [-0.39, 0.29) is 24.1 Å². The van der Waals surface area contributed by atoms with E-state index >= 15 is 0 Å². The molecule has 8 heteroatoms. The Labute approximate surface area is 144 Å². The van der Waals surface area contributed by atoms with Crippen LogP contribution in [0, 0.1) is 5.92 Å². The fraction of sp³-hybridized carbons (Fsp3) is 0.533. The van der Waals surface area contributed by atoms with E-state index in [0.29, 0.717) is 30.1 Å². The van der Waals surface area contributed by atoms with E-state index in [1.54, 1.807) is 31.2 Å². The largest absolute Gasteiger partial charge is 0.325 e. The maximum absolute atomic E-state index is 11.9. The molecule has 0 bridgehead atoms. The predicted molar refractivity (Wildman–Crippen MR) is 97.5 cm³/mol. The Morgan fingerprint density at radius 2 is 1.70 bits per heavy atom. The molecular formula is C15H26ClN3O3S. The Morgan fingerprint density at radius 1 is 1.17 bits per heavy atom. The van der Waals surface area contributed by atoms with Gasteiger partial charge in [-0.05, 0) is 43.0 Å². The molecule has 0 saturated heterocycles. The van der Waals surface area contributed by atoms with Crippen LogP contribution in [0.4, 0.5) is 11.4 Å². The van der Waals surface area contributed by atoms with Crippen molar-refractivity contribution in [2.75, 3.05) is 15.8 Å². The number of carbonyl (C=O) groups is 1. The molecule has 23 heavy (non-hydrogen) atoms. The monoisotopic (exact) mass is 363 g/mol. The van der Waals surface area contributed by atoms with Crippen LogP contribution in [0.2, 0.25) is 0 Å². The molecule has 0 aliphatic carbocycles. The number of carbonyl (C=O) groups excluding carboxylic acids is 1. The van der Waals surface area contributed by atoms with Crippen molar-refractivity contribution in [1.82, 2.24) is 0 Å². The van der Waals surface area contributed by atoms with E-state index in [9.17, 15) is 13.2 Å². The number of anilines is 2. The first-order valence-corrected chi connectivity index (χ1v) is 9.05. The molecule has 6 nitrogen and oxygen atoms in total. The Bertz CT molecular complexity index is 588. The molecule has 0 fully saturated rings. The van der Waals surface area contributed by atoms with Crippen molar-refractivity contribution >= 4 is 39.7 Å². The molecule has 1 aromatic carbocycles. The van der Waals surface area contributed by atoms with Crippen molar-refractivity contribution in [2.45, 2.75) is 39.7 Å². The Morgan fingerprint density at radius 3 is 2.17 bits per heavy atom. The molecule has 1 rings (SSSR count). The molecule has 0 saturated carbocycles. The minimum atomic E-state index is -3.30. The standard InChI is InChI=1S/C15H25N3O3S.ClH/c1-4-9-22(20,21)18-13-7-5-12(6-8-13)17-15(19)14(16)10-11(2)3;/h5-8,11,14,18H,4,9-10,16H2,1-3H3,(H,17,19);1H/t14-;/m0./s1. The number of hydrogen-bond donors (Lipinski definition) is 3. The van der Waals surface area contributed by atoms with Crippen molar-refractivity contribution in [3.8, 4) is 0 Å². The van der Waals surface area contributed by atoms with Gasteiger partial charge in [-0.2, -0.15) is 0 Å². The maximum Gasteiger partial charge on any atom is 0.241 e. The van der Waals surface area contributed by atoms with Crippen molar-refractivity contribution in [2.24, 2.45) is 11.7 Å². The third-order valence-corrected chi connectivity index (χ3v) is 4.45. The summed E-state index contributed by atoms with van der Waals surface area (Å²) in [5, 5.41) is 2.72. The number of amides is 1. The van der Waals surface area contributed by atoms with Crippen LogP contribution in [0.25, 0.3) is 0 Å². The van der Waals surface area contributed by atoms with E-state index in [1.165, 1.54) is 0 Å². The summed E-state index contributed by atoms with van der Waals surface area (Å²) in [6, 6.07) is 5.95. The smallest absolute Gasteiger partial charge is 0.241 e. The number of halogens is 1. The van der Waals surface area contributed by atoms with Crippen LogP contribution in [0.5, 0.6) is 0 Å². The Balaban J connectivity index is 0.00000484. The van der Waals surface area contributed by atoms with Crippen LogP contribution in [-0.2, 0) is 14.8 Å². The lowest BCUT2D eigenvalue weighted by Crippen LogP contribution is -2.36. The number of nitrogens with one attached hydrogen (secondary N) is 2. The third-order valence-electron chi connectivity index (χ3n) is 2.96. The van der Waals surface area contributed by atoms with Crippen molar-refractivity contribution in [3.05, 3.63) is 24.3 Å². The van der Waals surface area contributed by atoms with Crippen LogP contribution in [0.3, 0.4) is 0 Å². The second-order valence-electron chi connectivity index (χ2n) is 5.72. The predicted octanol–water partition coefficient (Wildman–Crippen LogP) is 2.57. The number of nitrogens with two attached hydrogens (primary N) is 1. The van der Waals surface area contributed by atoms with Crippen LogP contribution in [-0.4, -0.2) is 26.1 Å². The van der Waals surface area contributed by atoms with Gasteiger partial charge in [-0.25, -0.2) is 8.42 Å². The minimum Gasteiger partial charge on any atom is -0.325 e. The highest BCUT2D eigenvalue weighted by molar-refractivity contribution is 7.92. The van der Waals surface area contributed by atoms with Gasteiger partial charge in [0.15, 0.2) is 0 Å². The van der Waals surface area contributed by atoms with Crippen LogP contribution < -0.4 is 15.8 Å². The van der Waals surface area contributed by atoms with Gasteiger partial charge < -0.3 is 11.1 Å². The van der Waals surface area contributed by atoms with Crippen LogP contribution in [0.1, 0.15) is 33.6 Å². The molecule has 0 heterocycles. The average Bonchev–Trinajstić information content (AvgIpc) is 2.39. The molecule has 0 unspecified atom stereocenters. The lowest BCUT2D eigenvalue weighted by atomic mass is 10.0. The molecule has 0 aliphatic heterocycles. The second-order valence-corrected chi connectivity index (χ2v) is 7.57. The van der Waals surface area contributed by atoms with Gasteiger partial charge in [0.2, 0.25) is 15.9 Å². The molecule has 1 atom stereocenters. The first-order chi connectivity index (χ1) is 10.2. The van der Waals surface area contributed by atoms with Crippen molar-refractivity contribution in [1.29, 1.82) is 0 Å². The minimum absolute atomic E-state index is 0. The van der Waals surface area contributed by atoms with E-state index in [2.05, 4.69) is 10.0 Å². The molecule has 0 aromatic heterocycles. The van der Waals surface area contributed by atoms with Gasteiger partial charge in [0.05, 0.1) is 11.8 Å². The second kappa shape index (κ2) is 9.75. The van der Waals surface area contributed by atoms with Gasteiger partial charge in [0.25, 0.3) is 0 Å². The van der Waals surface area contributed by atoms with Crippen LogP contribution >= 0.6 is 12.4 Å². The maximum atomic E-state index is 11.9. The Hall–Kier alpha value is -1.31. The summed E-state index contributed by atoms with van der Waals surface area (Å²) in [4.78, 5) is 11.9. The zero-order valence-electron chi connectivity index (χ0n) is 13.7. The van der Waals surface area contributed by atoms with Gasteiger partial charge in [-0.1, -0.05) is 20.8 Å². The number of benzene rings is 1. The number of hydrogen-bond acceptors (Lipinski definition) is 4. The number of sulfonamides is 1. The lowest BCUT2D eigenvalue weighted by molar-refractivity contribution is -0.117.